The summed E-state index contributed by atoms with van der Waals surface area (Å²) in [7, 11) is 1.34. The number of carbonyl (C=O) groups excluding carboxylic acids is 2. The molecule has 8 nitrogen and oxygen atoms in total. The zero-order valence-corrected chi connectivity index (χ0v) is 15.8. The van der Waals surface area contributed by atoms with Gasteiger partial charge >= 0.3 is 0 Å². The number of primary amides is 1. The molecule has 1 fully saturated rings. The van der Waals surface area contributed by atoms with E-state index < -0.39 is 17.6 Å². The topological polar surface area (TPSA) is 116 Å². The molecule has 2 amide bonds. The molecule has 0 saturated carbocycles. The summed E-state index contributed by atoms with van der Waals surface area (Å²) in [6.07, 6.45) is -0.236. The Hall–Kier alpha value is -2.75. The van der Waals surface area contributed by atoms with Crippen molar-refractivity contribution >= 4 is 29.9 Å². The van der Waals surface area contributed by atoms with Gasteiger partial charge in [0.25, 0.3) is 11.8 Å². The summed E-state index contributed by atoms with van der Waals surface area (Å²) in [6.45, 7) is 1.91. The first kappa shape index (κ1) is 21.5. The molecule has 4 N–H and O–H groups in total. The van der Waals surface area contributed by atoms with Crippen molar-refractivity contribution in [3.63, 3.8) is 0 Å². The second-order valence-corrected chi connectivity index (χ2v) is 5.90. The van der Waals surface area contributed by atoms with Crippen LogP contribution < -0.4 is 21.1 Å². The fraction of sp³-hybridized carbons (Fsp3) is 0.278. The normalized spacial score (nSPS) is 16.0. The third kappa shape index (κ3) is 4.94. The van der Waals surface area contributed by atoms with Gasteiger partial charge in [0, 0.05) is 24.7 Å². The van der Waals surface area contributed by atoms with Crippen molar-refractivity contribution in [2.24, 2.45) is 5.73 Å². The number of nitrogens with one attached hydrogen (secondary N) is 2. The van der Waals surface area contributed by atoms with Crippen LogP contribution in [0.15, 0.2) is 30.3 Å². The molecule has 0 bridgehead atoms. The van der Waals surface area contributed by atoms with E-state index in [1.165, 1.54) is 31.4 Å². The van der Waals surface area contributed by atoms with Crippen LogP contribution in [0, 0.1) is 5.82 Å². The van der Waals surface area contributed by atoms with E-state index in [2.05, 4.69) is 15.6 Å². The number of morpholine rings is 1. The summed E-state index contributed by atoms with van der Waals surface area (Å²) in [5.74, 6) is -1.97. The zero-order chi connectivity index (χ0) is 19.4. The van der Waals surface area contributed by atoms with E-state index in [0.717, 1.165) is 6.54 Å². The second kappa shape index (κ2) is 9.45. The molecule has 2 heterocycles. The number of benzene rings is 1. The van der Waals surface area contributed by atoms with Gasteiger partial charge in [0.05, 0.1) is 25.5 Å². The first-order chi connectivity index (χ1) is 13.0. The highest BCUT2D eigenvalue weighted by Crippen LogP contribution is 2.24. The van der Waals surface area contributed by atoms with Crippen molar-refractivity contribution in [3.05, 3.63) is 53.0 Å². The number of aromatic nitrogens is 1. The SMILES string of the molecule is COc1cc(C(=O)Nc2ccc(C3CNCCO3)cc2F)cc(C(N)=O)n1.Cl. The molecular weight excluding hydrogens is 391 g/mol. The third-order valence-corrected chi connectivity index (χ3v) is 4.07. The summed E-state index contributed by atoms with van der Waals surface area (Å²) in [5.41, 5.74) is 5.83. The Morgan fingerprint density at radius 2 is 2.14 bits per heavy atom. The van der Waals surface area contributed by atoms with Crippen molar-refractivity contribution in [3.8, 4) is 5.88 Å². The fourth-order valence-electron chi connectivity index (χ4n) is 2.67. The van der Waals surface area contributed by atoms with Crippen molar-refractivity contribution in [2.45, 2.75) is 6.10 Å². The average molecular weight is 411 g/mol. The van der Waals surface area contributed by atoms with Gasteiger partial charge in [-0.25, -0.2) is 9.37 Å². The number of rotatable bonds is 5. The fourth-order valence-corrected chi connectivity index (χ4v) is 2.67. The Balaban J connectivity index is 0.00000280. The molecule has 1 saturated heterocycles. The Morgan fingerprint density at radius 1 is 1.36 bits per heavy atom. The number of halogens is 2. The van der Waals surface area contributed by atoms with Crippen molar-refractivity contribution in [1.29, 1.82) is 0 Å². The summed E-state index contributed by atoms with van der Waals surface area (Å²) in [6, 6.07) is 7.03. The van der Waals surface area contributed by atoms with Crippen LogP contribution in [0.2, 0.25) is 0 Å². The molecule has 1 aromatic heterocycles. The van der Waals surface area contributed by atoms with E-state index in [9.17, 15) is 14.0 Å². The molecule has 0 spiro atoms. The van der Waals surface area contributed by atoms with Crippen LogP contribution in [0.25, 0.3) is 0 Å². The van der Waals surface area contributed by atoms with E-state index in [1.54, 1.807) is 6.07 Å². The van der Waals surface area contributed by atoms with Crippen molar-refractivity contribution < 1.29 is 23.5 Å². The van der Waals surface area contributed by atoms with Gasteiger partial charge in [-0.05, 0) is 23.8 Å². The number of pyridine rings is 1. The van der Waals surface area contributed by atoms with Crippen LogP contribution in [-0.4, -0.2) is 43.6 Å². The lowest BCUT2D eigenvalue weighted by molar-refractivity contribution is 0.0275. The smallest absolute Gasteiger partial charge is 0.267 e. The van der Waals surface area contributed by atoms with Crippen LogP contribution in [-0.2, 0) is 4.74 Å². The first-order valence-electron chi connectivity index (χ1n) is 8.27. The van der Waals surface area contributed by atoms with E-state index in [1.807, 2.05) is 0 Å². The number of hydrogen-bond acceptors (Lipinski definition) is 6. The lowest BCUT2D eigenvalue weighted by atomic mass is 10.1. The molecule has 1 atom stereocenters. The lowest BCUT2D eigenvalue weighted by Gasteiger charge is -2.24. The van der Waals surface area contributed by atoms with Crippen LogP contribution in [0.4, 0.5) is 10.1 Å². The number of nitrogens with two attached hydrogens (primary N) is 1. The largest absolute Gasteiger partial charge is 0.481 e. The van der Waals surface area contributed by atoms with Crippen molar-refractivity contribution in [2.75, 3.05) is 32.1 Å². The van der Waals surface area contributed by atoms with Gasteiger partial charge in [-0.1, -0.05) is 6.07 Å². The number of amides is 2. The van der Waals surface area contributed by atoms with E-state index in [0.29, 0.717) is 18.7 Å². The maximum Gasteiger partial charge on any atom is 0.267 e. The molecule has 2 aromatic rings. The predicted molar refractivity (Wildman–Crippen MR) is 102 cm³/mol. The molecule has 1 aliphatic heterocycles. The van der Waals surface area contributed by atoms with Crippen LogP contribution in [0.1, 0.15) is 32.5 Å². The number of methoxy groups -OCH3 is 1. The minimum atomic E-state index is -0.806. The second-order valence-electron chi connectivity index (χ2n) is 5.90. The van der Waals surface area contributed by atoms with Gasteiger partial charge in [0.1, 0.15) is 11.5 Å². The van der Waals surface area contributed by atoms with Crippen molar-refractivity contribution in [1.82, 2.24) is 10.3 Å². The van der Waals surface area contributed by atoms with Crippen LogP contribution in [0.3, 0.4) is 0 Å². The lowest BCUT2D eigenvalue weighted by Crippen LogP contribution is -2.33. The zero-order valence-electron chi connectivity index (χ0n) is 15.0. The highest BCUT2D eigenvalue weighted by Gasteiger charge is 2.19. The first-order valence-corrected chi connectivity index (χ1v) is 8.27. The van der Waals surface area contributed by atoms with Crippen LogP contribution in [0.5, 0.6) is 5.88 Å². The Labute approximate surface area is 167 Å². The Kier molecular flexibility index (Phi) is 7.27. The van der Waals surface area contributed by atoms with Gasteiger partial charge in [0.15, 0.2) is 0 Å². The molecule has 0 aliphatic carbocycles. The van der Waals surface area contributed by atoms with Gasteiger partial charge in [-0.3, -0.25) is 9.59 Å². The summed E-state index contributed by atoms with van der Waals surface area (Å²) in [4.78, 5) is 27.6. The molecular formula is C18H20ClFN4O4. The molecule has 1 aliphatic rings. The molecule has 3 rings (SSSR count). The molecule has 0 radical (unpaired) electrons. The average Bonchev–Trinajstić information content (AvgIpc) is 2.69. The van der Waals surface area contributed by atoms with Gasteiger partial charge in [0.2, 0.25) is 5.88 Å². The molecule has 28 heavy (non-hydrogen) atoms. The number of hydrogen-bond donors (Lipinski definition) is 3. The summed E-state index contributed by atoms with van der Waals surface area (Å²) in [5, 5.41) is 5.64. The molecule has 150 valence electrons. The number of ether oxygens (including phenoxy) is 2. The van der Waals surface area contributed by atoms with Crippen LogP contribution >= 0.6 is 12.4 Å². The standard InChI is InChI=1S/C18H19FN4O4.ClH/c1-26-16-8-11(7-14(22-16)17(20)24)18(25)23-13-3-2-10(6-12(13)19)15-9-21-4-5-27-15;/h2-3,6-8,15,21H,4-5,9H2,1H3,(H2,20,24)(H,23,25);1H. The molecule has 10 heteroatoms. The minimum Gasteiger partial charge on any atom is -0.481 e. The highest BCUT2D eigenvalue weighted by atomic mass is 35.5. The van der Waals surface area contributed by atoms with Gasteiger partial charge < -0.3 is 25.8 Å². The predicted octanol–water partition coefficient (Wildman–Crippen LogP) is 1.66. The summed E-state index contributed by atoms with van der Waals surface area (Å²) < 4.78 is 25.0. The Morgan fingerprint density at radius 3 is 2.75 bits per heavy atom. The maximum absolute atomic E-state index is 14.4. The number of nitrogens with zero attached hydrogens (tertiary/aromatic N) is 1. The van der Waals surface area contributed by atoms with E-state index >= 15 is 0 Å². The van der Waals surface area contributed by atoms with Gasteiger partial charge in [-0.2, -0.15) is 0 Å². The Bertz CT molecular complexity index is 875. The number of anilines is 1. The third-order valence-electron chi connectivity index (χ3n) is 4.07. The minimum absolute atomic E-state index is 0. The summed E-state index contributed by atoms with van der Waals surface area (Å²) >= 11 is 0. The monoisotopic (exact) mass is 410 g/mol. The highest BCUT2D eigenvalue weighted by molar-refractivity contribution is 6.06. The maximum atomic E-state index is 14.4. The van der Waals surface area contributed by atoms with Gasteiger partial charge in [-0.15, -0.1) is 12.4 Å². The quantitative estimate of drug-likeness (QED) is 0.690. The molecule has 1 unspecified atom stereocenters. The molecule has 1 aromatic carbocycles. The van der Waals surface area contributed by atoms with E-state index in [-0.39, 0.29) is 41.3 Å². The number of carbonyl (C=O) groups is 2. The van der Waals surface area contributed by atoms with E-state index in [4.69, 9.17) is 15.2 Å².